The first-order valence-electron chi connectivity index (χ1n) is 7.36. The summed E-state index contributed by atoms with van der Waals surface area (Å²) >= 11 is 0. The monoisotopic (exact) mass is 271 g/mol. The Bertz CT molecular complexity index is 274. The van der Waals surface area contributed by atoms with Crippen molar-refractivity contribution < 1.29 is 9.90 Å². The van der Waals surface area contributed by atoms with Crippen molar-refractivity contribution in [1.82, 2.24) is 15.1 Å². The lowest BCUT2D eigenvalue weighted by Gasteiger charge is -2.42. The van der Waals surface area contributed by atoms with Gasteiger partial charge in [0.15, 0.2) is 0 Å². The first kappa shape index (κ1) is 16.4. The van der Waals surface area contributed by atoms with Crippen LogP contribution in [0.1, 0.15) is 33.6 Å². The highest BCUT2D eigenvalue weighted by molar-refractivity contribution is 5.73. The summed E-state index contributed by atoms with van der Waals surface area (Å²) in [6.45, 7) is 10.2. The SMILES string of the molecule is CCCNC(CCN1CC(C)N(C)C(C)C1)C(=O)O. The van der Waals surface area contributed by atoms with Crippen molar-refractivity contribution >= 4 is 5.97 Å². The average Bonchev–Trinajstić information content (AvgIpc) is 2.35. The molecule has 0 amide bonds. The summed E-state index contributed by atoms with van der Waals surface area (Å²) in [5, 5.41) is 12.3. The molecular formula is C14H29N3O2. The van der Waals surface area contributed by atoms with Crippen LogP contribution >= 0.6 is 0 Å². The van der Waals surface area contributed by atoms with Crippen LogP contribution in [0.4, 0.5) is 0 Å². The Hall–Kier alpha value is -0.650. The van der Waals surface area contributed by atoms with Crippen molar-refractivity contribution in [2.24, 2.45) is 0 Å². The number of aliphatic carboxylic acids is 1. The third-order valence-corrected chi connectivity index (χ3v) is 4.11. The van der Waals surface area contributed by atoms with Gasteiger partial charge in [0.05, 0.1) is 0 Å². The number of carboxylic acids is 1. The van der Waals surface area contributed by atoms with Gasteiger partial charge in [0.2, 0.25) is 0 Å². The molecule has 0 aromatic rings. The lowest BCUT2D eigenvalue weighted by molar-refractivity contribution is -0.139. The molecule has 1 saturated heterocycles. The molecule has 0 radical (unpaired) electrons. The van der Waals surface area contributed by atoms with Crippen LogP contribution in [0, 0.1) is 0 Å². The molecule has 1 rings (SSSR count). The predicted octanol–water partition coefficient (Wildman–Crippen LogP) is 0.854. The summed E-state index contributed by atoms with van der Waals surface area (Å²) in [6, 6.07) is 0.663. The van der Waals surface area contributed by atoms with Gasteiger partial charge in [-0.05, 0) is 40.3 Å². The topological polar surface area (TPSA) is 55.8 Å². The van der Waals surface area contributed by atoms with Crippen LogP contribution in [0.2, 0.25) is 0 Å². The van der Waals surface area contributed by atoms with Crippen LogP contribution in [-0.4, -0.2) is 72.2 Å². The molecule has 1 fully saturated rings. The molecule has 3 atom stereocenters. The van der Waals surface area contributed by atoms with Gasteiger partial charge in [-0.15, -0.1) is 0 Å². The van der Waals surface area contributed by atoms with E-state index in [1.165, 1.54) is 0 Å². The molecule has 0 bridgehead atoms. The number of piperazine rings is 1. The highest BCUT2D eigenvalue weighted by Crippen LogP contribution is 2.13. The van der Waals surface area contributed by atoms with Crippen molar-refractivity contribution in [2.45, 2.75) is 51.7 Å². The lowest BCUT2D eigenvalue weighted by Crippen LogP contribution is -2.55. The molecule has 1 aliphatic heterocycles. The van der Waals surface area contributed by atoms with E-state index >= 15 is 0 Å². The van der Waals surface area contributed by atoms with Gasteiger partial charge in [-0.3, -0.25) is 9.69 Å². The smallest absolute Gasteiger partial charge is 0.320 e. The number of carbonyl (C=O) groups is 1. The molecule has 1 heterocycles. The third-order valence-electron chi connectivity index (χ3n) is 4.11. The Morgan fingerprint density at radius 1 is 1.37 bits per heavy atom. The Balaban J connectivity index is 2.39. The fourth-order valence-corrected chi connectivity index (χ4v) is 2.64. The van der Waals surface area contributed by atoms with Crippen LogP contribution in [-0.2, 0) is 4.79 Å². The number of rotatable bonds is 7. The van der Waals surface area contributed by atoms with Crippen LogP contribution in [0.3, 0.4) is 0 Å². The Labute approximate surface area is 117 Å². The molecule has 19 heavy (non-hydrogen) atoms. The fraction of sp³-hybridized carbons (Fsp3) is 0.929. The van der Waals surface area contributed by atoms with Crippen LogP contribution in [0.25, 0.3) is 0 Å². The van der Waals surface area contributed by atoms with E-state index in [1.54, 1.807) is 0 Å². The van der Waals surface area contributed by atoms with E-state index in [-0.39, 0.29) is 0 Å². The third kappa shape index (κ3) is 5.09. The normalized spacial score (nSPS) is 27.4. The Kier molecular flexibility index (Phi) is 6.75. The molecule has 1 aliphatic rings. The standard InChI is InChI=1S/C14H29N3O2/c1-5-7-15-13(14(18)19)6-8-17-9-11(2)16(4)12(3)10-17/h11-13,15H,5-10H2,1-4H3,(H,18,19). The van der Waals surface area contributed by atoms with E-state index in [9.17, 15) is 9.90 Å². The van der Waals surface area contributed by atoms with Crippen LogP contribution in [0.15, 0.2) is 0 Å². The summed E-state index contributed by atoms with van der Waals surface area (Å²) in [6.07, 6.45) is 1.64. The molecule has 5 heteroatoms. The van der Waals surface area contributed by atoms with Crippen molar-refractivity contribution in [3.8, 4) is 0 Å². The lowest BCUT2D eigenvalue weighted by atomic mass is 10.1. The van der Waals surface area contributed by atoms with Crippen molar-refractivity contribution in [3.05, 3.63) is 0 Å². The maximum Gasteiger partial charge on any atom is 0.320 e. The minimum Gasteiger partial charge on any atom is -0.480 e. The highest BCUT2D eigenvalue weighted by Gasteiger charge is 2.27. The fourth-order valence-electron chi connectivity index (χ4n) is 2.64. The minimum absolute atomic E-state index is 0.412. The zero-order valence-corrected chi connectivity index (χ0v) is 12.7. The predicted molar refractivity (Wildman–Crippen MR) is 77.5 cm³/mol. The highest BCUT2D eigenvalue weighted by atomic mass is 16.4. The Morgan fingerprint density at radius 2 is 1.95 bits per heavy atom. The molecule has 0 spiro atoms. The number of nitrogens with zero attached hydrogens (tertiary/aromatic N) is 2. The zero-order valence-electron chi connectivity index (χ0n) is 12.7. The summed E-state index contributed by atoms with van der Waals surface area (Å²) in [4.78, 5) is 15.9. The second-order valence-electron chi connectivity index (χ2n) is 5.76. The first-order chi connectivity index (χ1) is 8.95. The minimum atomic E-state index is -0.733. The molecular weight excluding hydrogens is 242 g/mol. The molecule has 0 saturated carbocycles. The average molecular weight is 271 g/mol. The van der Waals surface area contributed by atoms with E-state index < -0.39 is 12.0 Å². The van der Waals surface area contributed by atoms with Gasteiger partial charge in [0, 0.05) is 31.7 Å². The van der Waals surface area contributed by atoms with Gasteiger partial charge in [0.1, 0.15) is 6.04 Å². The summed E-state index contributed by atoms with van der Waals surface area (Å²) in [5.74, 6) is -0.733. The zero-order chi connectivity index (χ0) is 14.4. The molecule has 0 aromatic heterocycles. The van der Waals surface area contributed by atoms with Gasteiger partial charge in [-0.2, -0.15) is 0 Å². The molecule has 2 N–H and O–H groups in total. The number of hydrogen-bond donors (Lipinski definition) is 2. The van der Waals surface area contributed by atoms with Crippen molar-refractivity contribution in [1.29, 1.82) is 0 Å². The van der Waals surface area contributed by atoms with E-state index in [1.807, 2.05) is 0 Å². The summed E-state index contributed by atoms with van der Waals surface area (Å²) in [5.41, 5.74) is 0. The maximum absolute atomic E-state index is 11.2. The Morgan fingerprint density at radius 3 is 2.42 bits per heavy atom. The number of likely N-dealkylation sites (N-methyl/N-ethyl adjacent to an activating group) is 1. The van der Waals surface area contributed by atoms with Crippen LogP contribution in [0.5, 0.6) is 0 Å². The molecule has 5 nitrogen and oxygen atoms in total. The van der Waals surface area contributed by atoms with Crippen molar-refractivity contribution in [2.75, 3.05) is 33.2 Å². The number of nitrogens with one attached hydrogen (secondary N) is 1. The maximum atomic E-state index is 11.2. The second kappa shape index (κ2) is 7.82. The first-order valence-corrected chi connectivity index (χ1v) is 7.36. The largest absolute Gasteiger partial charge is 0.480 e. The molecule has 3 unspecified atom stereocenters. The van der Waals surface area contributed by atoms with Gasteiger partial charge in [-0.25, -0.2) is 0 Å². The number of hydrogen-bond acceptors (Lipinski definition) is 4. The summed E-state index contributed by atoms with van der Waals surface area (Å²) in [7, 11) is 2.16. The van der Waals surface area contributed by atoms with Gasteiger partial charge < -0.3 is 15.3 Å². The number of carboxylic acid groups (broad SMARTS) is 1. The van der Waals surface area contributed by atoms with E-state index in [2.05, 4.69) is 42.9 Å². The quantitative estimate of drug-likeness (QED) is 0.719. The van der Waals surface area contributed by atoms with Gasteiger partial charge >= 0.3 is 5.97 Å². The molecule has 112 valence electrons. The van der Waals surface area contributed by atoms with Gasteiger partial charge in [0.25, 0.3) is 0 Å². The second-order valence-corrected chi connectivity index (χ2v) is 5.76. The van der Waals surface area contributed by atoms with Crippen molar-refractivity contribution in [3.63, 3.8) is 0 Å². The molecule has 0 aliphatic carbocycles. The summed E-state index contributed by atoms with van der Waals surface area (Å²) < 4.78 is 0. The van der Waals surface area contributed by atoms with E-state index in [0.29, 0.717) is 18.5 Å². The van der Waals surface area contributed by atoms with Gasteiger partial charge in [-0.1, -0.05) is 6.92 Å². The van der Waals surface area contributed by atoms with Crippen LogP contribution < -0.4 is 5.32 Å². The molecule has 0 aromatic carbocycles. The van der Waals surface area contributed by atoms with E-state index in [0.717, 1.165) is 32.6 Å². The van der Waals surface area contributed by atoms with E-state index in [4.69, 9.17) is 0 Å².